The largest absolute Gasteiger partial charge is 0.454 e. The Bertz CT molecular complexity index is 718. The van der Waals surface area contributed by atoms with Gasteiger partial charge in [-0.05, 0) is 42.0 Å². The number of hydrogen-bond donors (Lipinski definition) is 0. The van der Waals surface area contributed by atoms with Gasteiger partial charge in [-0.3, -0.25) is 4.79 Å². The molecule has 2 aromatic carbocycles. The van der Waals surface area contributed by atoms with Gasteiger partial charge in [0.15, 0.2) is 17.3 Å². The third kappa shape index (κ3) is 2.27. The summed E-state index contributed by atoms with van der Waals surface area (Å²) in [6, 6.07) is 14.0. The van der Waals surface area contributed by atoms with Gasteiger partial charge in [0, 0.05) is 11.5 Å². The van der Waals surface area contributed by atoms with Crippen LogP contribution >= 0.6 is 0 Å². The van der Waals surface area contributed by atoms with Crippen molar-refractivity contribution in [1.29, 1.82) is 0 Å². The zero-order valence-corrected chi connectivity index (χ0v) is 12.5. The highest BCUT2D eigenvalue weighted by atomic mass is 16.7. The van der Waals surface area contributed by atoms with Crippen LogP contribution in [0.25, 0.3) is 0 Å². The van der Waals surface area contributed by atoms with Gasteiger partial charge in [0.05, 0.1) is 0 Å². The lowest BCUT2D eigenvalue weighted by Crippen LogP contribution is -2.03. The standard InChI is InChI=1S/C19H18O3/c1-2-12-3-5-13(6-4-12)19(20)16-10-15(16)14-7-8-17-18(9-14)22-11-21-17/h3-9,15-16H,2,10-11H2,1H3. The van der Waals surface area contributed by atoms with E-state index >= 15 is 0 Å². The summed E-state index contributed by atoms with van der Waals surface area (Å²) < 4.78 is 10.7. The van der Waals surface area contributed by atoms with Gasteiger partial charge in [0.1, 0.15) is 0 Å². The molecule has 0 aromatic heterocycles. The Labute approximate surface area is 129 Å². The molecule has 1 aliphatic carbocycles. The molecular weight excluding hydrogens is 276 g/mol. The van der Waals surface area contributed by atoms with Crippen molar-refractivity contribution in [2.24, 2.45) is 5.92 Å². The maximum Gasteiger partial charge on any atom is 0.231 e. The first kappa shape index (κ1) is 13.4. The predicted molar refractivity (Wildman–Crippen MR) is 83.6 cm³/mol. The minimum Gasteiger partial charge on any atom is -0.454 e. The smallest absolute Gasteiger partial charge is 0.231 e. The zero-order chi connectivity index (χ0) is 15.1. The predicted octanol–water partition coefficient (Wildman–Crippen LogP) is 3.96. The lowest BCUT2D eigenvalue weighted by Gasteiger charge is -2.04. The number of benzene rings is 2. The number of carbonyl (C=O) groups excluding carboxylic acids is 1. The van der Waals surface area contributed by atoms with Gasteiger partial charge in [-0.1, -0.05) is 37.3 Å². The highest BCUT2D eigenvalue weighted by Gasteiger charge is 2.44. The molecule has 0 radical (unpaired) electrons. The Kier molecular flexibility index (Phi) is 3.14. The first-order valence-electron chi connectivity index (χ1n) is 7.79. The van der Waals surface area contributed by atoms with E-state index in [1.807, 2.05) is 42.5 Å². The van der Waals surface area contributed by atoms with Crippen LogP contribution in [0.5, 0.6) is 11.5 Å². The molecule has 22 heavy (non-hydrogen) atoms. The van der Waals surface area contributed by atoms with Crippen LogP contribution in [0, 0.1) is 5.92 Å². The van der Waals surface area contributed by atoms with Crippen molar-refractivity contribution < 1.29 is 14.3 Å². The summed E-state index contributed by atoms with van der Waals surface area (Å²) in [5.41, 5.74) is 3.26. The van der Waals surface area contributed by atoms with Gasteiger partial charge in [-0.2, -0.15) is 0 Å². The monoisotopic (exact) mass is 294 g/mol. The summed E-state index contributed by atoms with van der Waals surface area (Å²) in [4.78, 5) is 12.6. The minimum atomic E-state index is 0.104. The Hall–Kier alpha value is -2.29. The highest BCUT2D eigenvalue weighted by molar-refractivity contribution is 6.00. The molecule has 2 atom stereocenters. The molecule has 2 aromatic rings. The molecule has 3 nitrogen and oxygen atoms in total. The fraction of sp³-hybridized carbons (Fsp3) is 0.316. The van der Waals surface area contributed by atoms with Crippen LogP contribution in [-0.2, 0) is 6.42 Å². The average molecular weight is 294 g/mol. The van der Waals surface area contributed by atoms with Crippen molar-refractivity contribution in [2.45, 2.75) is 25.7 Å². The molecule has 1 aliphatic heterocycles. The summed E-state index contributed by atoms with van der Waals surface area (Å²) in [6.07, 6.45) is 1.92. The molecular formula is C19H18O3. The lowest BCUT2D eigenvalue weighted by atomic mass is 10.0. The van der Waals surface area contributed by atoms with E-state index in [0.29, 0.717) is 5.92 Å². The number of fused-ring (bicyclic) bond motifs is 1. The molecule has 2 aliphatic rings. The zero-order valence-electron chi connectivity index (χ0n) is 12.5. The fourth-order valence-corrected chi connectivity index (χ4v) is 3.12. The van der Waals surface area contributed by atoms with E-state index in [1.54, 1.807) is 0 Å². The van der Waals surface area contributed by atoms with Crippen LogP contribution in [0.4, 0.5) is 0 Å². The number of ether oxygens (including phenoxy) is 2. The van der Waals surface area contributed by atoms with E-state index in [9.17, 15) is 4.79 Å². The van der Waals surface area contributed by atoms with Crippen LogP contribution in [0.15, 0.2) is 42.5 Å². The second kappa shape index (κ2) is 5.16. The first-order valence-corrected chi connectivity index (χ1v) is 7.79. The van der Waals surface area contributed by atoms with Crippen LogP contribution in [0.2, 0.25) is 0 Å². The number of hydrogen-bond acceptors (Lipinski definition) is 3. The molecule has 0 saturated heterocycles. The van der Waals surface area contributed by atoms with Gasteiger partial charge in [0.25, 0.3) is 0 Å². The Morgan fingerprint density at radius 2 is 1.86 bits per heavy atom. The highest BCUT2D eigenvalue weighted by Crippen LogP contribution is 2.51. The van der Waals surface area contributed by atoms with Gasteiger partial charge in [0.2, 0.25) is 6.79 Å². The van der Waals surface area contributed by atoms with Crippen molar-refractivity contribution in [1.82, 2.24) is 0 Å². The molecule has 0 spiro atoms. The lowest BCUT2D eigenvalue weighted by molar-refractivity contribution is 0.0965. The molecule has 1 heterocycles. The normalized spacial score (nSPS) is 21.7. The molecule has 3 heteroatoms. The summed E-state index contributed by atoms with van der Waals surface area (Å²) in [5.74, 6) is 2.26. The molecule has 4 rings (SSSR count). The van der Waals surface area contributed by atoms with E-state index in [-0.39, 0.29) is 18.5 Å². The Morgan fingerprint density at radius 1 is 1.09 bits per heavy atom. The van der Waals surface area contributed by atoms with E-state index in [4.69, 9.17) is 9.47 Å². The molecule has 2 unspecified atom stereocenters. The number of Topliss-reactive ketones (excluding diaryl/α,β-unsaturated/α-hetero) is 1. The topological polar surface area (TPSA) is 35.5 Å². The van der Waals surface area contributed by atoms with Crippen molar-refractivity contribution >= 4 is 5.78 Å². The number of rotatable bonds is 4. The number of ketones is 1. The minimum absolute atomic E-state index is 0.104. The van der Waals surface area contributed by atoms with E-state index in [0.717, 1.165) is 29.9 Å². The summed E-state index contributed by atoms with van der Waals surface area (Å²) in [5, 5.41) is 0. The van der Waals surface area contributed by atoms with Crippen molar-refractivity contribution in [3.63, 3.8) is 0 Å². The van der Waals surface area contributed by atoms with Crippen LogP contribution in [-0.4, -0.2) is 12.6 Å². The molecule has 0 amide bonds. The van der Waals surface area contributed by atoms with Crippen molar-refractivity contribution in [2.75, 3.05) is 6.79 Å². The molecule has 0 bridgehead atoms. The third-order valence-electron chi connectivity index (χ3n) is 4.60. The maximum absolute atomic E-state index is 12.6. The van der Waals surface area contributed by atoms with Crippen molar-refractivity contribution in [3.05, 3.63) is 59.2 Å². The van der Waals surface area contributed by atoms with Crippen LogP contribution in [0.1, 0.15) is 40.7 Å². The second-order valence-electron chi connectivity index (χ2n) is 5.98. The van der Waals surface area contributed by atoms with E-state index < -0.39 is 0 Å². The summed E-state index contributed by atoms with van der Waals surface area (Å²) in [7, 11) is 0. The Morgan fingerprint density at radius 3 is 2.64 bits per heavy atom. The van der Waals surface area contributed by atoms with Crippen LogP contribution < -0.4 is 9.47 Å². The van der Waals surface area contributed by atoms with Crippen LogP contribution in [0.3, 0.4) is 0 Å². The van der Waals surface area contributed by atoms with Gasteiger partial charge >= 0.3 is 0 Å². The first-order chi connectivity index (χ1) is 10.8. The molecule has 1 saturated carbocycles. The summed E-state index contributed by atoms with van der Waals surface area (Å²) >= 11 is 0. The molecule has 112 valence electrons. The molecule has 0 N–H and O–H groups in total. The number of aryl methyl sites for hydroxylation is 1. The maximum atomic E-state index is 12.6. The quantitative estimate of drug-likeness (QED) is 0.801. The third-order valence-corrected chi connectivity index (χ3v) is 4.60. The van der Waals surface area contributed by atoms with Gasteiger partial charge in [-0.15, -0.1) is 0 Å². The van der Waals surface area contributed by atoms with E-state index in [2.05, 4.69) is 6.92 Å². The Balaban J connectivity index is 1.50. The van der Waals surface area contributed by atoms with Gasteiger partial charge in [-0.25, -0.2) is 0 Å². The summed E-state index contributed by atoms with van der Waals surface area (Å²) in [6.45, 7) is 2.41. The number of carbonyl (C=O) groups is 1. The second-order valence-corrected chi connectivity index (χ2v) is 5.98. The SMILES string of the molecule is CCc1ccc(C(=O)C2CC2c2ccc3c(c2)OCO3)cc1. The van der Waals surface area contributed by atoms with Crippen molar-refractivity contribution in [3.8, 4) is 11.5 Å². The van der Waals surface area contributed by atoms with Gasteiger partial charge < -0.3 is 9.47 Å². The fourth-order valence-electron chi connectivity index (χ4n) is 3.12. The average Bonchev–Trinajstić information content (AvgIpc) is 3.23. The van der Waals surface area contributed by atoms with E-state index in [1.165, 1.54) is 11.1 Å². The molecule has 1 fully saturated rings.